The summed E-state index contributed by atoms with van der Waals surface area (Å²) in [6.45, 7) is 6.69. The molecule has 1 aromatic carbocycles. The molecule has 0 fully saturated rings. The van der Waals surface area contributed by atoms with Gasteiger partial charge in [-0.25, -0.2) is 4.39 Å². The van der Waals surface area contributed by atoms with Crippen LogP contribution >= 0.6 is 0 Å². The van der Waals surface area contributed by atoms with Gasteiger partial charge in [0, 0.05) is 24.8 Å². The molecule has 0 unspecified atom stereocenters. The minimum Gasteiger partial charge on any atom is -0.486 e. The molecule has 1 N–H and O–H groups in total. The largest absolute Gasteiger partial charge is 0.486 e. The highest BCUT2D eigenvalue weighted by molar-refractivity contribution is 5.29. The van der Waals surface area contributed by atoms with Gasteiger partial charge in [0.05, 0.1) is 6.20 Å². The van der Waals surface area contributed by atoms with E-state index in [9.17, 15) is 4.39 Å². The van der Waals surface area contributed by atoms with Gasteiger partial charge in [-0.2, -0.15) is 5.10 Å². The van der Waals surface area contributed by atoms with E-state index in [-0.39, 0.29) is 11.6 Å². The topological polar surface area (TPSA) is 39.1 Å². The van der Waals surface area contributed by atoms with Crippen LogP contribution in [0.5, 0.6) is 5.75 Å². The Morgan fingerprint density at radius 3 is 2.80 bits per heavy atom. The normalized spacial score (nSPS) is 10.8. The van der Waals surface area contributed by atoms with E-state index in [0.29, 0.717) is 13.2 Å². The third kappa shape index (κ3) is 3.81. The molecule has 108 valence electrons. The van der Waals surface area contributed by atoms with E-state index in [1.165, 1.54) is 6.07 Å². The number of aromatic nitrogens is 2. The van der Waals surface area contributed by atoms with Crippen molar-refractivity contribution in [3.63, 3.8) is 0 Å². The third-order valence-electron chi connectivity index (χ3n) is 2.98. The molecule has 2 rings (SSSR count). The zero-order valence-corrected chi connectivity index (χ0v) is 11.9. The lowest BCUT2D eigenvalue weighted by atomic mass is 10.2. The molecule has 2 aromatic rings. The first-order valence-corrected chi connectivity index (χ1v) is 6.86. The van der Waals surface area contributed by atoms with Crippen molar-refractivity contribution in [1.82, 2.24) is 15.1 Å². The van der Waals surface area contributed by atoms with E-state index in [0.717, 1.165) is 24.2 Å². The van der Waals surface area contributed by atoms with Gasteiger partial charge in [0.1, 0.15) is 6.61 Å². The van der Waals surface area contributed by atoms with Crippen molar-refractivity contribution in [3.8, 4) is 5.75 Å². The van der Waals surface area contributed by atoms with Crippen molar-refractivity contribution in [1.29, 1.82) is 0 Å². The predicted molar refractivity (Wildman–Crippen MR) is 76.0 cm³/mol. The second-order valence-corrected chi connectivity index (χ2v) is 4.54. The highest BCUT2D eigenvalue weighted by atomic mass is 19.1. The second kappa shape index (κ2) is 7.05. The van der Waals surface area contributed by atoms with E-state index in [4.69, 9.17) is 4.74 Å². The number of hydrogen-bond donors (Lipinski definition) is 1. The van der Waals surface area contributed by atoms with Crippen molar-refractivity contribution < 1.29 is 9.13 Å². The smallest absolute Gasteiger partial charge is 0.165 e. The van der Waals surface area contributed by atoms with E-state index in [1.54, 1.807) is 12.3 Å². The summed E-state index contributed by atoms with van der Waals surface area (Å²) in [5.41, 5.74) is 1.85. The fourth-order valence-corrected chi connectivity index (χ4v) is 1.86. The average molecular weight is 277 g/mol. The zero-order chi connectivity index (χ0) is 14.4. The second-order valence-electron chi connectivity index (χ2n) is 4.54. The van der Waals surface area contributed by atoms with E-state index in [1.807, 2.05) is 30.8 Å². The van der Waals surface area contributed by atoms with Crippen molar-refractivity contribution >= 4 is 0 Å². The molecule has 5 heteroatoms. The number of ether oxygens (including phenoxy) is 1. The molecule has 1 heterocycles. The van der Waals surface area contributed by atoms with Crippen molar-refractivity contribution in [2.24, 2.45) is 0 Å². The molecule has 4 nitrogen and oxygen atoms in total. The predicted octanol–water partition coefficient (Wildman–Crippen LogP) is 2.73. The Bertz CT molecular complexity index is 554. The fourth-order valence-electron chi connectivity index (χ4n) is 1.86. The summed E-state index contributed by atoms with van der Waals surface area (Å²) in [7, 11) is 0. The number of aryl methyl sites for hydroxylation is 1. The van der Waals surface area contributed by atoms with E-state index in [2.05, 4.69) is 10.4 Å². The van der Waals surface area contributed by atoms with Crippen LogP contribution in [0.4, 0.5) is 4.39 Å². The molecule has 0 atom stereocenters. The molecule has 0 aliphatic heterocycles. The minimum absolute atomic E-state index is 0.273. The number of hydrogen-bond acceptors (Lipinski definition) is 3. The molecule has 0 saturated carbocycles. The molecule has 20 heavy (non-hydrogen) atoms. The van der Waals surface area contributed by atoms with Crippen LogP contribution in [0.25, 0.3) is 0 Å². The Kier molecular flexibility index (Phi) is 5.12. The number of halogens is 1. The van der Waals surface area contributed by atoms with Crippen molar-refractivity contribution in [2.45, 2.75) is 33.5 Å². The molecule has 0 radical (unpaired) electrons. The average Bonchev–Trinajstić information content (AvgIpc) is 2.92. The summed E-state index contributed by atoms with van der Waals surface area (Å²) >= 11 is 0. The molecule has 0 aliphatic carbocycles. The third-order valence-corrected chi connectivity index (χ3v) is 2.98. The zero-order valence-electron chi connectivity index (χ0n) is 11.9. The highest BCUT2D eigenvalue weighted by Gasteiger charge is 2.06. The Balaban J connectivity index is 1.95. The fraction of sp³-hybridized carbons (Fsp3) is 0.400. The first-order valence-electron chi connectivity index (χ1n) is 6.86. The highest BCUT2D eigenvalue weighted by Crippen LogP contribution is 2.19. The number of benzene rings is 1. The number of nitrogens with zero attached hydrogens (tertiary/aromatic N) is 2. The maximum absolute atomic E-state index is 13.9. The van der Waals surface area contributed by atoms with Crippen LogP contribution in [0, 0.1) is 5.82 Å². The Morgan fingerprint density at radius 1 is 1.30 bits per heavy atom. The Hall–Kier alpha value is -1.88. The molecule has 1 aromatic heterocycles. The van der Waals surface area contributed by atoms with Gasteiger partial charge in [0.25, 0.3) is 0 Å². The van der Waals surface area contributed by atoms with Gasteiger partial charge in [0.2, 0.25) is 0 Å². The van der Waals surface area contributed by atoms with Crippen LogP contribution in [0.15, 0.2) is 30.6 Å². The molecular weight excluding hydrogens is 257 g/mol. The quantitative estimate of drug-likeness (QED) is 0.846. The SMILES string of the molecule is CCNCc1ccc(OCc2cnn(CC)c2)c(F)c1. The first kappa shape index (κ1) is 14.5. The molecule has 0 spiro atoms. The maximum Gasteiger partial charge on any atom is 0.165 e. The minimum atomic E-state index is -0.330. The lowest BCUT2D eigenvalue weighted by Gasteiger charge is -2.08. The Labute approximate surface area is 118 Å². The summed E-state index contributed by atoms with van der Waals surface area (Å²) in [6, 6.07) is 5.05. The standard InChI is InChI=1S/C15H20FN3O/c1-3-17-8-12-5-6-15(14(16)7-12)20-11-13-9-18-19(4-2)10-13/h5-7,9-10,17H,3-4,8,11H2,1-2H3. The summed E-state index contributed by atoms with van der Waals surface area (Å²) < 4.78 is 21.2. The van der Waals surface area contributed by atoms with E-state index < -0.39 is 0 Å². The summed E-state index contributed by atoms with van der Waals surface area (Å²) in [4.78, 5) is 0. The van der Waals surface area contributed by atoms with Crippen LogP contribution in [0.2, 0.25) is 0 Å². The van der Waals surface area contributed by atoms with Crippen LogP contribution in [0.3, 0.4) is 0 Å². The van der Waals surface area contributed by atoms with Crippen molar-refractivity contribution in [3.05, 3.63) is 47.5 Å². The van der Waals surface area contributed by atoms with E-state index >= 15 is 0 Å². The molecule has 0 aliphatic rings. The lowest BCUT2D eigenvalue weighted by molar-refractivity contribution is 0.290. The van der Waals surface area contributed by atoms with Gasteiger partial charge >= 0.3 is 0 Å². The van der Waals surface area contributed by atoms with Gasteiger partial charge in [-0.15, -0.1) is 0 Å². The van der Waals surface area contributed by atoms with Crippen LogP contribution < -0.4 is 10.1 Å². The lowest BCUT2D eigenvalue weighted by Crippen LogP contribution is -2.11. The van der Waals surface area contributed by atoms with Gasteiger partial charge < -0.3 is 10.1 Å². The van der Waals surface area contributed by atoms with Crippen LogP contribution in [-0.4, -0.2) is 16.3 Å². The van der Waals surface area contributed by atoms with Gasteiger partial charge in [0.15, 0.2) is 11.6 Å². The molecular formula is C15H20FN3O. The van der Waals surface area contributed by atoms with Crippen LogP contribution in [0.1, 0.15) is 25.0 Å². The Morgan fingerprint density at radius 2 is 2.15 bits per heavy atom. The molecule has 0 amide bonds. The van der Waals surface area contributed by atoms with Gasteiger partial charge in [-0.3, -0.25) is 4.68 Å². The molecule has 0 saturated heterocycles. The van der Waals surface area contributed by atoms with Crippen LogP contribution in [-0.2, 0) is 19.7 Å². The van der Waals surface area contributed by atoms with Gasteiger partial charge in [-0.05, 0) is 31.2 Å². The number of rotatable bonds is 7. The van der Waals surface area contributed by atoms with Crippen molar-refractivity contribution in [2.75, 3.05) is 6.54 Å². The monoisotopic (exact) mass is 277 g/mol. The summed E-state index contributed by atoms with van der Waals surface area (Å²) in [5, 5.41) is 7.31. The molecule has 0 bridgehead atoms. The summed E-state index contributed by atoms with van der Waals surface area (Å²) in [6.07, 6.45) is 3.64. The maximum atomic E-state index is 13.9. The summed E-state index contributed by atoms with van der Waals surface area (Å²) in [5.74, 6) is -0.0576. The van der Waals surface area contributed by atoms with Gasteiger partial charge in [-0.1, -0.05) is 13.0 Å². The number of nitrogens with one attached hydrogen (secondary N) is 1. The first-order chi connectivity index (χ1) is 9.72.